The highest BCUT2D eigenvalue weighted by Crippen LogP contribution is 2.25. The predicted molar refractivity (Wildman–Crippen MR) is 113 cm³/mol. The van der Waals surface area contributed by atoms with E-state index in [1.807, 2.05) is 64.1 Å². The van der Waals surface area contributed by atoms with Crippen molar-refractivity contribution in [2.24, 2.45) is 0 Å². The Labute approximate surface area is 160 Å². The lowest BCUT2D eigenvalue weighted by atomic mass is 9.98. The third-order valence-electron chi connectivity index (χ3n) is 3.78. The van der Waals surface area contributed by atoms with Gasteiger partial charge in [0.1, 0.15) is 0 Å². The third kappa shape index (κ3) is 4.73. The molecule has 0 bridgehead atoms. The maximum Gasteiger partial charge on any atom is 0.366 e. The second-order valence-corrected chi connectivity index (χ2v) is 5.26. The normalized spacial score (nSPS) is 11.9. The molecular weight excluding hydrogens is 338 g/mol. The topological polar surface area (TPSA) is 52.2 Å². The lowest BCUT2D eigenvalue weighted by molar-refractivity contribution is 0.0836. The Morgan fingerprint density at radius 3 is 2.19 bits per heavy atom. The van der Waals surface area contributed by atoms with E-state index in [0.717, 1.165) is 10.3 Å². The molecule has 0 atom stereocenters. The number of rotatable bonds is 5. The van der Waals surface area contributed by atoms with E-state index in [1.54, 1.807) is 25.2 Å². The van der Waals surface area contributed by atoms with Gasteiger partial charge in [0, 0.05) is 5.57 Å². The standard InChI is InChI=1S/C21H21NO3.C2H6/c1-5-12-15(6-2)20(23)22-18(8-4)19(21(24)25-22)17(7-3)16-13-10-9-11-14-16;1-2/h5-14H,4H2,1-3H3;1-2H3/b12-5-,15-6+,17-7-;. The minimum Gasteiger partial charge on any atom is -0.327 e. The van der Waals surface area contributed by atoms with Gasteiger partial charge in [-0.3, -0.25) is 4.79 Å². The average Bonchev–Trinajstić information content (AvgIpc) is 3.05. The molecule has 4 nitrogen and oxygen atoms in total. The molecule has 1 aromatic carbocycles. The second-order valence-electron chi connectivity index (χ2n) is 5.26. The smallest absolute Gasteiger partial charge is 0.327 e. The molecule has 2 aromatic rings. The molecule has 0 amide bonds. The van der Waals surface area contributed by atoms with E-state index in [9.17, 15) is 9.59 Å². The first-order valence-corrected chi connectivity index (χ1v) is 9.03. The van der Waals surface area contributed by atoms with E-state index in [-0.39, 0.29) is 0 Å². The summed E-state index contributed by atoms with van der Waals surface area (Å²) in [7, 11) is 0. The van der Waals surface area contributed by atoms with Crippen molar-refractivity contribution in [2.45, 2.75) is 34.6 Å². The summed E-state index contributed by atoms with van der Waals surface area (Å²) >= 11 is 0. The van der Waals surface area contributed by atoms with E-state index < -0.39 is 11.5 Å². The van der Waals surface area contributed by atoms with Gasteiger partial charge in [0.2, 0.25) is 0 Å². The van der Waals surface area contributed by atoms with Crippen molar-refractivity contribution in [1.29, 1.82) is 0 Å². The Bertz CT molecular complexity index is 922. The van der Waals surface area contributed by atoms with Gasteiger partial charge in [-0.2, -0.15) is 0 Å². The van der Waals surface area contributed by atoms with Crippen LogP contribution < -0.4 is 5.63 Å². The lowest BCUT2D eigenvalue weighted by Crippen LogP contribution is -2.13. The van der Waals surface area contributed by atoms with Gasteiger partial charge >= 0.3 is 5.63 Å². The summed E-state index contributed by atoms with van der Waals surface area (Å²) in [6.07, 6.45) is 8.38. The summed E-state index contributed by atoms with van der Waals surface area (Å²) in [6.45, 7) is 13.2. The number of carbonyl (C=O) groups is 1. The molecule has 0 spiro atoms. The molecule has 0 aliphatic carbocycles. The Morgan fingerprint density at radius 1 is 1.07 bits per heavy atom. The number of carbonyl (C=O) groups excluding carboxylic acids is 1. The number of hydrogen-bond acceptors (Lipinski definition) is 3. The van der Waals surface area contributed by atoms with E-state index in [0.29, 0.717) is 22.4 Å². The molecule has 0 radical (unpaired) electrons. The van der Waals surface area contributed by atoms with Crippen LogP contribution in [0.5, 0.6) is 0 Å². The molecule has 0 saturated carbocycles. The molecular formula is C23H27NO3. The summed E-state index contributed by atoms with van der Waals surface area (Å²) in [5, 5.41) is 0. The highest BCUT2D eigenvalue weighted by Gasteiger charge is 2.24. The van der Waals surface area contributed by atoms with Crippen molar-refractivity contribution in [3.05, 3.63) is 94.0 Å². The van der Waals surface area contributed by atoms with Gasteiger partial charge in [0.05, 0.1) is 11.3 Å². The molecule has 0 aliphatic rings. The molecule has 4 heteroatoms. The van der Waals surface area contributed by atoms with Crippen LogP contribution in [-0.4, -0.2) is 10.6 Å². The lowest BCUT2D eigenvalue weighted by Gasteiger charge is -2.07. The minimum atomic E-state index is -0.573. The van der Waals surface area contributed by atoms with Gasteiger partial charge in [-0.15, -0.1) is 4.74 Å². The van der Waals surface area contributed by atoms with Gasteiger partial charge in [0.25, 0.3) is 5.91 Å². The van der Waals surface area contributed by atoms with Crippen molar-refractivity contribution >= 4 is 17.6 Å². The van der Waals surface area contributed by atoms with Gasteiger partial charge in [-0.1, -0.05) is 75.1 Å². The van der Waals surface area contributed by atoms with Crippen LogP contribution in [0.3, 0.4) is 0 Å². The number of nitrogens with zero attached hydrogens (tertiary/aromatic N) is 1. The largest absolute Gasteiger partial charge is 0.366 e. The van der Waals surface area contributed by atoms with E-state index in [4.69, 9.17) is 4.52 Å². The van der Waals surface area contributed by atoms with Crippen LogP contribution in [0.25, 0.3) is 11.6 Å². The third-order valence-corrected chi connectivity index (χ3v) is 3.78. The van der Waals surface area contributed by atoms with Crippen LogP contribution in [0.15, 0.2) is 76.1 Å². The molecule has 0 aliphatic heterocycles. The summed E-state index contributed by atoms with van der Waals surface area (Å²) in [5.74, 6) is -0.414. The fraction of sp³-hybridized carbons (Fsp3) is 0.217. The van der Waals surface area contributed by atoms with Gasteiger partial charge in [-0.05, 0) is 38.0 Å². The van der Waals surface area contributed by atoms with Crippen molar-refractivity contribution < 1.29 is 9.32 Å². The molecule has 0 unspecified atom stereocenters. The Morgan fingerprint density at radius 2 is 1.70 bits per heavy atom. The van der Waals surface area contributed by atoms with Crippen molar-refractivity contribution in [3.8, 4) is 0 Å². The Hall–Kier alpha value is -3.14. The number of aromatic nitrogens is 1. The van der Waals surface area contributed by atoms with Crippen LogP contribution in [0, 0.1) is 0 Å². The first kappa shape index (κ1) is 21.9. The molecule has 142 valence electrons. The highest BCUT2D eigenvalue weighted by molar-refractivity contribution is 5.99. The number of allylic oxidation sites excluding steroid dienone is 5. The van der Waals surface area contributed by atoms with Crippen molar-refractivity contribution in [2.75, 3.05) is 0 Å². The first-order valence-electron chi connectivity index (χ1n) is 9.03. The highest BCUT2D eigenvalue weighted by atomic mass is 16.5. The molecule has 27 heavy (non-hydrogen) atoms. The monoisotopic (exact) mass is 365 g/mol. The van der Waals surface area contributed by atoms with Crippen LogP contribution in [0.1, 0.15) is 56.2 Å². The SMILES string of the molecule is C=Cc1c(/C(=C\C)c2ccccc2)c(=O)on1C(=O)C(/C=C\C)=C/C.CC. The first-order chi connectivity index (χ1) is 13.1. The van der Waals surface area contributed by atoms with Crippen molar-refractivity contribution in [3.63, 3.8) is 0 Å². The van der Waals surface area contributed by atoms with Crippen LogP contribution in [0.4, 0.5) is 0 Å². The fourth-order valence-corrected chi connectivity index (χ4v) is 2.63. The second kappa shape index (κ2) is 10.8. The van der Waals surface area contributed by atoms with E-state index >= 15 is 0 Å². The zero-order chi connectivity index (χ0) is 20.4. The molecule has 2 rings (SSSR count). The minimum absolute atomic E-state index is 0.327. The maximum absolute atomic E-state index is 12.7. The zero-order valence-corrected chi connectivity index (χ0v) is 16.7. The molecule has 1 heterocycles. The van der Waals surface area contributed by atoms with Gasteiger partial charge in [-0.25, -0.2) is 4.79 Å². The maximum atomic E-state index is 12.7. The quantitative estimate of drug-likeness (QED) is 0.502. The van der Waals surface area contributed by atoms with E-state index in [2.05, 4.69) is 6.58 Å². The Kier molecular flexibility index (Phi) is 8.73. The molecule has 0 saturated heterocycles. The zero-order valence-electron chi connectivity index (χ0n) is 16.7. The summed E-state index contributed by atoms with van der Waals surface area (Å²) < 4.78 is 6.26. The predicted octanol–water partition coefficient (Wildman–Crippen LogP) is 5.72. The number of hydrogen-bond donors (Lipinski definition) is 0. The summed E-state index contributed by atoms with van der Waals surface area (Å²) in [4.78, 5) is 25.2. The van der Waals surface area contributed by atoms with Crippen molar-refractivity contribution in [1.82, 2.24) is 4.74 Å². The van der Waals surface area contributed by atoms with Crippen LogP contribution in [0.2, 0.25) is 0 Å². The molecule has 1 aromatic heterocycles. The van der Waals surface area contributed by atoms with Crippen LogP contribution >= 0.6 is 0 Å². The molecule has 0 N–H and O–H groups in total. The van der Waals surface area contributed by atoms with Gasteiger partial charge < -0.3 is 4.52 Å². The fourth-order valence-electron chi connectivity index (χ4n) is 2.63. The van der Waals surface area contributed by atoms with Crippen LogP contribution in [-0.2, 0) is 0 Å². The average molecular weight is 365 g/mol. The summed E-state index contributed by atoms with van der Waals surface area (Å²) in [6, 6.07) is 9.48. The van der Waals surface area contributed by atoms with Gasteiger partial charge in [0.15, 0.2) is 0 Å². The Balaban J connectivity index is 0.00000176. The summed E-state index contributed by atoms with van der Waals surface area (Å²) in [5.41, 5.74) is 2.09. The molecule has 0 fully saturated rings. The van der Waals surface area contributed by atoms with E-state index in [1.165, 1.54) is 6.08 Å². The number of benzene rings is 1.